The fourth-order valence-corrected chi connectivity index (χ4v) is 2.39. The van der Waals surface area contributed by atoms with Crippen molar-refractivity contribution >= 4 is 17.5 Å². The fraction of sp³-hybridized carbons (Fsp3) is 0.158. The second-order valence-corrected chi connectivity index (χ2v) is 6.05. The van der Waals surface area contributed by atoms with Crippen LogP contribution in [0, 0.1) is 15.9 Å². The minimum Gasteiger partial charge on any atom is -0.484 e. The van der Waals surface area contributed by atoms with Crippen LogP contribution in [0.5, 0.6) is 5.75 Å². The summed E-state index contributed by atoms with van der Waals surface area (Å²) >= 11 is 0. The Morgan fingerprint density at radius 3 is 2.52 bits per heavy atom. The van der Waals surface area contributed by atoms with E-state index in [9.17, 15) is 24.1 Å². The zero-order valence-corrected chi connectivity index (χ0v) is 15.9. The van der Waals surface area contributed by atoms with E-state index in [2.05, 4.69) is 20.8 Å². The number of nitrogens with zero attached hydrogens (tertiary/aromatic N) is 3. The molecule has 0 unspecified atom stereocenters. The Bertz CT molecular complexity index is 1090. The lowest BCUT2D eigenvalue weighted by Crippen LogP contribution is -2.36. The molecule has 0 saturated carbocycles. The van der Waals surface area contributed by atoms with Crippen molar-refractivity contribution in [2.45, 2.75) is 0 Å². The number of nitrogens with one attached hydrogen (secondary N) is 2. The molecule has 1 heterocycles. The molecule has 1 aromatic heterocycles. The number of non-ortho nitro benzene ring substituents is 1. The molecule has 2 amide bonds. The third-order valence-electron chi connectivity index (χ3n) is 3.89. The number of amides is 2. The average molecular weight is 429 g/mol. The molecular weight excluding hydrogens is 413 g/mol. The molecule has 0 saturated heterocycles. The molecule has 2 aromatic carbocycles. The van der Waals surface area contributed by atoms with Gasteiger partial charge in [-0.1, -0.05) is 17.3 Å². The largest absolute Gasteiger partial charge is 0.484 e. The van der Waals surface area contributed by atoms with E-state index in [0.29, 0.717) is 5.75 Å². The number of benzene rings is 2. The van der Waals surface area contributed by atoms with Gasteiger partial charge in [0.2, 0.25) is 5.82 Å². The van der Waals surface area contributed by atoms with Crippen molar-refractivity contribution in [1.82, 2.24) is 20.8 Å². The topological polar surface area (TPSA) is 149 Å². The summed E-state index contributed by atoms with van der Waals surface area (Å²) in [5.41, 5.74) is 0.0143. The molecule has 3 rings (SSSR count). The van der Waals surface area contributed by atoms with Gasteiger partial charge in [0.05, 0.1) is 10.5 Å². The van der Waals surface area contributed by atoms with Gasteiger partial charge in [-0.15, -0.1) is 0 Å². The van der Waals surface area contributed by atoms with Crippen molar-refractivity contribution in [2.75, 3.05) is 19.7 Å². The minimum absolute atomic E-state index is 0.0556. The normalized spacial score (nSPS) is 10.4. The van der Waals surface area contributed by atoms with Gasteiger partial charge < -0.3 is 19.9 Å². The monoisotopic (exact) mass is 429 g/mol. The smallest absolute Gasteiger partial charge is 0.316 e. The lowest BCUT2D eigenvalue weighted by molar-refractivity contribution is -0.384. The summed E-state index contributed by atoms with van der Waals surface area (Å²) in [6.07, 6.45) is 0. The lowest BCUT2D eigenvalue weighted by Gasteiger charge is -2.07. The number of halogens is 1. The van der Waals surface area contributed by atoms with Crippen LogP contribution in [0.25, 0.3) is 11.4 Å². The highest BCUT2D eigenvalue weighted by atomic mass is 19.1. The van der Waals surface area contributed by atoms with Gasteiger partial charge in [0.1, 0.15) is 11.6 Å². The summed E-state index contributed by atoms with van der Waals surface area (Å²) in [4.78, 5) is 37.7. The van der Waals surface area contributed by atoms with Crippen LogP contribution in [0.3, 0.4) is 0 Å². The molecule has 31 heavy (non-hydrogen) atoms. The molecule has 0 fully saturated rings. The van der Waals surface area contributed by atoms with Crippen molar-refractivity contribution in [1.29, 1.82) is 0 Å². The molecular formula is C19H16FN5O6. The first kappa shape index (κ1) is 21.4. The van der Waals surface area contributed by atoms with Gasteiger partial charge in [0.25, 0.3) is 11.6 Å². The minimum atomic E-state index is -0.675. The molecule has 11 nitrogen and oxygen atoms in total. The van der Waals surface area contributed by atoms with Crippen molar-refractivity contribution < 1.29 is 28.2 Å². The summed E-state index contributed by atoms with van der Waals surface area (Å²) in [6.45, 7) is -0.135. The van der Waals surface area contributed by atoms with Crippen molar-refractivity contribution in [2.24, 2.45) is 0 Å². The molecule has 0 spiro atoms. The van der Waals surface area contributed by atoms with Gasteiger partial charge in [0, 0.05) is 25.2 Å². The van der Waals surface area contributed by atoms with Crippen LogP contribution in [0.15, 0.2) is 53.1 Å². The first-order valence-corrected chi connectivity index (χ1v) is 8.95. The molecule has 0 atom stereocenters. The van der Waals surface area contributed by atoms with E-state index in [4.69, 9.17) is 9.26 Å². The summed E-state index contributed by atoms with van der Waals surface area (Å²) in [5.74, 6) is -1.77. The molecule has 160 valence electrons. The number of aromatic nitrogens is 2. The molecule has 0 aliphatic heterocycles. The maximum Gasteiger partial charge on any atom is 0.316 e. The molecule has 0 radical (unpaired) electrons. The zero-order valence-electron chi connectivity index (χ0n) is 15.9. The van der Waals surface area contributed by atoms with Crippen molar-refractivity contribution in [3.63, 3.8) is 0 Å². The maximum atomic E-state index is 13.7. The van der Waals surface area contributed by atoms with Crippen LogP contribution >= 0.6 is 0 Å². The van der Waals surface area contributed by atoms with E-state index < -0.39 is 22.6 Å². The van der Waals surface area contributed by atoms with Crippen LogP contribution in [0.2, 0.25) is 0 Å². The van der Waals surface area contributed by atoms with Crippen LogP contribution in [0.4, 0.5) is 10.1 Å². The summed E-state index contributed by atoms with van der Waals surface area (Å²) < 4.78 is 23.8. The zero-order chi connectivity index (χ0) is 22.2. The van der Waals surface area contributed by atoms with Gasteiger partial charge >= 0.3 is 11.8 Å². The second kappa shape index (κ2) is 9.91. The maximum absolute atomic E-state index is 13.7. The average Bonchev–Trinajstić information content (AvgIpc) is 3.26. The Labute approximate surface area is 174 Å². The SMILES string of the molecule is O=C(COc1ccc([N+](=O)[O-])cc1)NCCNC(=O)c1nc(-c2ccccc2F)no1. The van der Waals surface area contributed by atoms with E-state index in [1.54, 1.807) is 6.07 Å². The van der Waals surface area contributed by atoms with E-state index >= 15 is 0 Å². The molecule has 12 heteroatoms. The molecule has 2 N–H and O–H groups in total. The van der Waals surface area contributed by atoms with Gasteiger partial charge in [-0.2, -0.15) is 4.98 Å². The van der Waals surface area contributed by atoms with E-state index in [0.717, 1.165) is 0 Å². The predicted molar refractivity (Wildman–Crippen MR) is 104 cm³/mol. The highest BCUT2D eigenvalue weighted by Crippen LogP contribution is 2.19. The molecule has 0 aliphatic carbocycles. The number of nitro benzene ring substituents is 1. The van der Waals surface area contributed by atoms with Crippen molar-refractivity contribution in [3.05, 3.63) is 70.4 Å². The van der Waals surface area contributed by atoms with Crippen LogP contribution in [-0.4, -0.2) is 46.6 Å². The Morgan fingerprint density at radius 2 is 1.81 bits per heavy atom. The summed E-state index contributed by atoms with van der Waals surface area (Å²) in [5, 5.41) is 19.2. The quantitative estimate of drug-likeness (QED) is 0.297. The Hall–Kier alpha value is -4.35. The summed E-state index contributed by atoms with van der Waals surface area (Å²) in [7, 11) is 0. The number of rotatable bonds is 9. The van der Waals surface area contributed by atoms with Gasteiger partial charge in [0.15, 0.2) is 6.61 Å². The van der Waals surface area contributed by atoms with Crippen molar-refractivity contribution in [3.8, 4) is 17.1 Å². The third-order valence-corrected chi connectivity index (χ3v) is 3.89. The Balaban J connectivity index is 1.38. The number of ether oxygens (including phenoxy) is 1. The number of hydrogen-bond acceptors (Lipinski definition) is 8. The Morgan fingerprint density at radius 1 is 1.10 bits per heavy atom. The fourth-order valence-electron chi connectivity index (χ4n) is 2.39. The van der Waals surface area contributed by atoms with E-state index in [1.807, 2.05) is 0 Å². The van der Waals surface area contributed by atoms with Crippen LogP contribution in [-0.2, 0) is 4.79 Å². The van der Waals surface area contributed by atoms with Crippen LogP contribution in [0.1, 0.15) is 10.7 Å². The first-order chi connectivity index (χ1) is 14.9. The summed E-state index contributed by atoms with van der Waals surface area (Å²) in [6, 6.07) is 11.1. The van der Waals surface area contributed by atoms with Gasteiger partial charge in [-0.05, 0) is 24.3 Å². The van der Waals surface area contributed by atoms with E-state index in [-0.39, 0.29) is 42.7 Å². The van der Waals surface area contributed by atoms with Gasteiger partial charge in [-0.3, -0.25) is 19.7 Å². The molecule has 3 aromatic rings. The molecule has 0 aliphatic rings. The lowest BCUT2D eigenvalue weighted by atomic mass is 10.2. The number of carbonyl (C=O) groups is 2. The highest BCUT2D eigenvalue weighted by molar-refractivity contribution is 5.89. The standard InChI is InChI=1S/C19H16FN5O6/c20-15-4-2-1-3-14(15)17-23-19(31-24-17)18(27)22-10-9-21-16(26)11-30-13-7-5-12(6-8-13)25(28)29/h1-8H,9-11H2,(H,21,26)(H,22,27). The predicted octanol–water partition coefficient (Wildman–Crippen LogP) is 1.71. The Kier molecular flexibility index (Phi) is 6.83. The van der Waals surface area contributed by atoms with E-state index in [1.165, 1.54) is 42.5 Å². The first-order valence-electron chi connectivity index (χ1n) is 8.95. The number of nitro groups is 1. The third kappa shape index (κ3) is 5.82. The van der Waals surface area contributed by atoms with Gasteiger partial charge in [-0.25, -0.2) is 4.39 Å². The number of carbonyl (C=O) groups excluding carboxylic acids is 2. The highest BCUT2D eigenvalue weighted by Gasteiger charge is 2.17. The number of hydrogen-bond donors (Lipinski definition) is 2. The second-order valence-electron chi connectivity index (χ2n) is 6.05. The molecule has 0 bridgehead atoms. The van der Waals surface area contributed by atoms with Crippen LogP contribution < -0.4 is 15.4 Å².